The Balaban J connectivity index is 1.85. The minimum atomic E-state index is -3.93. The number of halogens is 1. The number of hydrogen-bond donors (Lipinski definition) is 0. The summed E-state index contributed by atoms with van der Waals surface area (Å²) < 4.78 is 44.7. The summed E-state index contributed by atoms with van der Waals surface area (Å²) in [7, 11) is -1.03. The van der Waals surface area contributed by atoms with E-state index in [1.165, 1.54) is 47.2 Å². The lowest BCUT2D eigenvalue weighted by Gasteiger charge is -2.25. The number of rotatable bonds is 3. The van der Waals surface area contributed by atoms with Gasteiger partial charge in [0.1, 0.15) is 5.82 Å². The van der Waals surface area contributed by atoms with Crippen LogP contribution >= 0.6 is 0 Å². The van der Waals surface area contributed by atoms with Gasteiger partial charge in [0.05, 0.1) is 22.0 Å². The quantitative estimate of drug-likeness (QED) is 0.610. The van der Waals surface area contributed by atoms with Crippen molar-refractivity contribution in [2.75, 3.05) is 6.54 Å². The molecule has 1 atom stereocenters. The summed E-state index contributed by atoms with van der Waals surface area (Å²) in [6.45, 7) is 0.283. The number of aromatic nitrogens is 2. The lowest BCUT2D eigenvalue weighted by atomic mass is 10.1. The Labute approximate surface area is 166 Å². The van der Waals surface area contributed by atoms with Crippen molar-refractivity contribution in [3.05, 3.63) is 74.6 Å². The largest absolute Gasteiger partial charge is 0.316 e. The molecule has 29 heavy (non-hydrogen) atoms. The number of sulfonamides is 1. The lowest BCUT2D eigenvalue weighted by molar-refractivity contribution is 0.386. The Morgan fingerprint density at radius 2 is 1.62 bits per heavy atom. The van der Waals surface area contributed by atoms with Gasteiger partial charge in [-0.15, -0.1) is 0 Å². The van der Waals surface area contributed by atoms with Crippen LogP contribution in [0.2, 0.25) is 0 Å². The van der Waals surface area contributed by atoms with E-state index < -0.39 is 33.0 Å². The van der Waals surface area contributed by atoms with Crippen LogP contribution in [-0.2, 0) is 24.1 Å². The molecule has 0 aliphatic carbocycles. The molecule has 0 N–H and O–H groups in total. The zero-order valence-corrected chi connectivity index (χ0v) is 16.8. The molecule has 2 heterocycles. The van der Waals surface area contributed by atoms with Crippen LogP contribution in [0.1, 0.15) is 24.4 Å². The summed E-state index contributed by atoms with van der Waals surface area (Å²) in [5.41, 5.74) is -0.290. The van der Waals surface area contributed by atoms with Crippen LogP contribution in [0, 0.1) is 5.82 Å². The Kier molecular flexibility index (Phi) is 4.66. The summed E-state index contributed by atoms with van der Waals surface area (Å²) in [4.78, 5) is 24.1. The second-order valence-electron chi connectivity index (χ2n) is 7.17. The highest BCUT2D eigenvalue weighted by Crippen LogP contribution is 2.37. The third-order valence-corrected chi connectivity index (χ3v) is 7.44. The first-order chi connectivity index (χ1) is 13.7. The molecule has 4 rings (SSSR count). The Hall–Kier alpha value is -2.78. The number of hydrogen-bond acceptors (Lipinski definition) is 4. The SMILES string of the molecule is Cn1c(=O)c(=O)n(C)c2cc(S(=O)(=O)N3CCC[C@@H]3c3ccccc3F)ccc21. The van der Waals surface area contributed by atoms with E-state index in [1.54, 1.807) is 18.2 Å². The average Bonchev–Trinajstić information content (AvgIpc) is 3.21. The van der Waals surface area contributed by atoms with E-state index in [-0.39, 0.29) is 11.4 Å². The third-order valence-electron chi connectivity index (χ3n) is 5.54. The van der Waals surface area contributed by atoms with Crippen molar-refractivity contribution in [3.8, 4) is 0 Å². The molecule has 1 aromatic heterocycles. The predicted octanol–water partition coefficient (Wildman–Crippen LogP) is 1.90. The van der Waals surface area contributed by atoms with Crippen LogP contribution in [0.25, 0.3) is 11.0 Å². The van der Waals surface area contributed by atoms with Gasteiger partial charge in [0.2, 0.25) is 10.0 Å². The maximum atomic E-state index is 14.3. The Bertz CT molecular complexity index is 1340. The van der Waals surface area contributed by atoms with Crippen molar-refractivity contribution in [2.45, 2.75) is 23.8 Å². The van der Waals surface area contributed by atoms with Gasteiger partial charge in [-0.1, -0.05) is 18.2 Å². The fraction of sp³-hybridized carbons (Fsp3) is 0.300. The molecule has 1 fully saturated rings. The van der Waals surface area contributed by atoms with Gasteiger partial charge in [-0.3, -0.25) is 9.59 Å². The van der Waals surface area contributed by atoms with Gasteiger partial charge in [0, 0.05) is 26.2 Å². The minimum absolute atomic E-state index is 0.00175. The van der Waals surface area contributed by atoms with E-state index >= 15 is 0 Å². The summed E-state index contributed by atoms with van der Waals surface area (Å²) in [5, 5.41) is 0. The van der Waals surface area contributed by atoms with E-state index in [1.807, 2.05) is 0 Å². The van der Waals surface area contributed by atoms with Crippen LogP contribution in [0.4, 0.5) is 4.39 Å². The van der Waals surface area contributed by atoms with Crippen LogP contribution in [0.3, 0.4) is 0 Å². The highest BCUT2D eigenvalue weighted by Gasteiger charge is 2.37. The molecule has 0 amide bonds. The second kappa shape index (κ2) is 6.93. The van der Waals surface area contributed by atoms with Crippen LogP contribution in [-0.4, -0.2) is 28.4 Å². The molecule has 9 heteroatoms. The highest BCUT2D eigenvalue weighted by atomic mass is 32.2. The van der Waals surface area contributed by atoms with E-state index in [9.17, 15) is 22.4 Å². The zero-order valence-electron chi connectivity index (χ0n) is 16.0. The standard InChI is InChI=1S/C20H20FN3O4S/c1-22-17-10-9-13(12-18(17)23(2)20(26)19(22)25)29(27,28)24-11-5-8-16(24)14-6-3-4-7-15(14)21/h3-4,6-7,9-10,12,16H,5,8,11H2,1-2H3/t16-/m1/s1. The molecule has 0 spiro atoms. The van der Waals surface area contributed by atoms with Crippen molar-refractivity contribution < 1.29 is 12.8 Å². The minimum Gasteiger partial charge on any atom is -0.305 e. The van der Waals surface area contributed by atoms with Gasteiger partial charge in [0.25, 0.3) is 0 Å². The summed E-state index contributed by atoms with van der Waals surface area (Å²) >= 11 is 0. The average molecular weight is 417 g/mol. The van der Waals surface area contributed by atoms with Crippen molar-refractivity contribution in [3.63, 3.8) is 0 Å². The number of benzene rings is 2. The van der Waals surface area contributed by atoms with Gasteiger partial charge in [-0.05, 0) is 37.1 Å². The van der Waals surface area contributed by atoms with E-state index in [2.05, 4.69) is 0 Å². The second-order valence-corrected chi connectivity index (χ2v) is 9.06. The monoisotopic (exact) mass is 417 g/mol. The molecular weight excluding hydrogens is 397 g/mol. The lowest BCUT2D eigenvalue weighted by Crippen LogP contribution is -2.39. The molecule has 1 aliphatic rings. The fourth-order valence-electron chi connectivity index (χ4n) is 3.94. The van der Waals surface area contributed by atoms with Crippen molar-refractivity contribution in [2.24, 2.45) is 14.1 Å². The number of fused-ring (bicyclic) bond motifs is 1. The van der Waals surface area contributed by atoms with Gasteiger partial charge >= 0.3 is 11.1 Å². The van der Waals surface area contributed by atoms with E-state index in [4.69, 9.17) is 0 Å². The van der Waals surface area contributed by atoms with Crippen LogP contribution < -0.4 is 11.1 Å². The van der Waals surface area contributed by atoms with Crippen molar-refractivity contribution >= 4 is 21.1 Å². The molecule has 0 unspecified atom stereocenters. The zero-order chi connectivity index (χ0) is 20.9. The normalized spacial score (nSPS) is 17.8. The molecule has 1 aliphatic heterocycles. The van der Waals surface area contributed by atoms with Gasteiger partial charge in [0.15, 0.2) is 0 Å². The van der Waals surface area contributed by atoms with Gasteiger partial charge < -0.3 is 9.13 Å². The van der Waals surface area contributed by atoms with Gasteiger partial charge in [-0.2, -0.15) is 4.31 Å². The summed E-state index contributed by atoms with van der Waals surface area (Å²) in [6, 6.07) is 9.92. The van der Waals surface area contributed by atoms with Crippen LogP contribution in [0.5, 0.6) is 0 Å². The first kappa shape index (κ1) is 19.5. The van der Waals surface area contributed by atoms with Gasteiger partial charge in [-0.25, -0.2) is 12.8 Å². The maximum Gasteiger partial charge on any atom is 0.316 e. The first-order valence-electron chi connectivity index (χ1n) is 9.19. The third kappa shape index (κ3) is 3.01. The predicted molar refractivity (Wildman–Crippen MR) is 107 cm³/mol. The van der Waals surface area contributed by atoms with Crippen LogP contribution in [0.15, 0.2) is 56.9 Å². The molecule has 1 saturated heterocycles. The van der Waals surface area contributed by atoms with Crippen molar-refractivity contribution in [1.29, 1.82) is 0 Å². The summed E-state index contributed by atoms with van der Waals surface area (Å²) in [6.07, 6.45) is 1.15. The molecule has 3 aromatic rings. The first-order valence-corrected chi connectivity index (χ1v) is 10.6. The summed E-state index contributed by atoms with van der Waals surface area (Å²) in [5.74, 6) is -0.435. The smallest absolute Gasteiger partial charge is 0.305 e. The molecule has 0 bridgehead atoms. The maximum absolute atomic E-state index is 14.3. The molecule has 0 radical (unpaired) electrons. The molecule has 7 nitrogen and oxygen atoms in total. The van der Waals surface area contributed by atoms with Crippen molar-refractivity contribution in [1.82, 2.24) is 13.4 Å². The molecular formula is C20H20FN3O4S. The molecule has 0 saturated carbocycles. The fourth-order valence-corrected chi connectivity index (χ4v) is 5.64. The Morgan fingerprint density at radius 1 is 0.966 bits per heavy atom. The number of nitrogens with zero attached hydrogens (tertiary/aromatic N) is 3. The Morgan fingerprint density at radius 3 is 2.31 bits per heavy atom. The molecule has 152 valence electrons. The molecule has 2 aromatic carbocycles. The topological polar surface area (TPSA) is 81.4 Å². The van der Waals surface area contributed by atoms with E-state index in [0.29, 0.717) is 29.4 Å². The number of aryl methyl sites for hydroxylation is 2. The van der Waals surface area contributed by atoms with E-state index in [0.717, 1.165) is 4.57 Å². The highest BCUT2D eigenvalue weighted by molar-refractivity contribution is 7.89.